The third kappa shape index (κ3) is 6.79. The first kappa shape index (κ1) is 25.7. The van der Waals surface area contributed by atoms with Crippen LogP contribution in [-0.2, 0) is 31.1 Å². The van der Waals surface area contributed by atoms with Crippen molar-refractivity contribution in [2.24, 2.45) is 0 Å². The van der Waals surface area contributed by atoms with Gasteiger partial charge in [0.15, 0.2) is 5.82 Å². The Kier molecular flexibility index (Phi) is 9.04. The Balaban J connectivity index is 1.66. The van der Waals surface area contributed by atoms with Gasteiger partial charge in [-0.25, -0.2) is 0 Å². The van der Waals surface area contributed by atoms with Crippen LogP contribution in [0.25, 0.3) is 0 Å². The van der Waals surface area contributed by atoms with Crippen molar-refractivity contribution in [3.63, 3.8) is 0 Å². The highest BCUT2D eigenvalue weighted by Gasteiger charge is 2.38. The minimum Gasteiger partial charge on any atom is -0.469 e. The van der Waals surface area contributed by atoms with Gasteiger partial charge in [0.1, 0.15) is 5.54 Å². The van der Waals surface area contributed by atoms with E-state index in [1.54, 1.807) is 24.3 Å². The summed E-state index contributed by atoms with van der Waals surface area (Å²) in [4.78, 5) is 41.0. The lowest BCUT2D eigenvalue weighted by Gasteiger charge is -2.30. The molecule has 0 saturated heterocycles. The second kappa shape index (κ2) is 12.0. The molecule has 1 aromatic carbocycles. The Morgan fingerprint density at radius 1 is 1.18 bits per heavy atom. The van der Waals surface area contributed by atoms with Gasteiger partial charge in [-0.05, 0) is 24.5 Å². The molecule has 0 aliphatic heterocycles. The van der Waals surface area contributed by atoms with E-state index in [1.807, 2.05) is 0 Å². The number of nitrogens with zero attached hydrogens (tertiary/aromatic N) is 2. The van der Waals surface area contributed by atoms with Crippen LogP contribution in [0.3, 0.4) is 0 Å². The van der Waals surface area contributed by atoms with E-state index in [-0.39, 0.29) is 31.1 Å². The number of benzene rings is 1. The Morgan fingerprint density at radius 2 is 1.88 bits per heavy atom. The van der Waals surface area contributed by atoms with Gasteiger partial charge in [0.2, 0.25) is 17.7 Å². The molecule has 2 amide bonds. The Bertz CT molecular complexity index is 1000. The first-order chi connectivity index (χ1) is 16.3. The Labute approximate surface area is 204 Å². The molecule has 1 aromatic heterocycles. The van der Waals surface area contributed by atoms with Crippen molar-refractivity contribution in [3.05, 3.63) is 46.6 Å². The zero-order valence-corrected chi connectivity index (χ0v) is 20.3. The number of ether oxygens (including phenoxy) is 1. The number of nitrogens with one attached hydrogen (secondary N) is 2. The molecule has 0 bridgehead atoms. The molecule has 3 rings (SSSR count). The van der Waals surface area contributed by atoms with Gasteiger partial charge in [-0.1, -0.05) is 60.6 Å². The summed E-state index contributed by atoms with van der Waals surface area (Å²) in [6.45, 7) is 1.49. The van der Waals surface area contributed by atoms with E-state index >= 15 is 0 Å². The largest absolute Gasteiger partial charge is 0.469 e. The SMILES string of the molecule is COC(=O)CC(NC(=O)CCc1nc(C2(NC(C)=O)CCCCCC2)no1)c1ccccc1Cl. The number of hydrogen-bond donors (Lipinski definition) is 2. The predicted molar refractivity (Wildman–Crippen MR) is 125 cm³/mol. The van der Waals surface area contributed by atoms with Crippen molar-refractivity contribution in [1.82, 2.24) is 20.8 Å². The second-order valence-electron chi connectivity index (χ2n) is 8.61. The highest BCUT2D eigenvalue weighted by Crippen LogP contribution is 2.34. The Hall–Kier alpha value is -2.94. The van der Waals surface area contributed by atoms with Gasteiger partial charge in [0.25, 0.3) is 0 Å². The lowest BCUT2D eigenvalue weighted by molar-refractivity contribution is -0.141. The molecule has 2 N–H and O–H groups in total. The minimum atomic E-state index is -0.637. The summed E-state index contributed by atoms with van der Waals surface area (Å²) in [6, 6.07) is 6.40. The van der Waals surface area contributed by atoms with Gasteiger partial charge in [-0.3, -0.25) is 14.4 Å². The maximum atomic E-state index is 12.7. The van der Waals surface area contributed by atoms with Gasteiger partial charge >= 0.3 is 5.97 Å². The van der Waals surface area contributed by atoms with Crippen molar-refractivity contribution in [2.75, 3.05) is 7.11 Å². The predicted octanol–water partition coefficient (Wildman–Crippen LogP) is 3.76. The molecule has 1 aliphatic carbocycles. The summed E-state index contributed by atoms with van der Waals surface area (Å²) in [5.41, 5.74) is -0.00393. The number of carbonyl (C=O) groups is 3. The summed E-state index contributed by atoms with van der Waals surface area (Å²) >= 11 is 6.27. The fourth-order valence-electron chi connectivity index (χ4n) is 4.36. The van der Waals surface area contributed by atoms with Crippen molar-refractivity contribution < 1.29 is 23.6 Å². The van der Waals surface area contributed by atoms with Gasteiger partial charge in [0.05, 0.1) is 19.6 Å². The number of aromatic nitrogens is 2. The third-order valence-electron chi connectivity index (χ3n) is 6.05. The smallest absolute Gasteiger partial charge is 0.307 e. The van der Waals surface area contributed by atoms with Crippen LogP contribution in [0.15, 0.2) is 28.8 Å². The molecular weight excluding hydrogens is 460 g/mol. The summed E-state index contributed by atoms with van der Waals surface area (Å²) < 4.78 is 10.2. The molecule has 10 heteroatoms. The highest BCUT2D eigenvalue weighted by atomic mass is 35.5. The Morgan fingerprint density at radius 3 is 2.53 bits per heavy atom. The van der Waals surface area contributed by atoms with Crippen LogP contribution in [0.1, 0.15) is 81.6 Å². The molecule has 1 saturated carbocycles. The molecule has 9 nitrogen and oxygen atoms in total. The van der Waals surface area contributed by atoms with E-state index in [9.17, 15) is 14.4 Å². The van der Waals surface area contributed by atoms with Crippen LogP contribution >= 0.6 is 11.6 Å². The molecule has 34 heavy (non-hydrogen) atoms. The monoisotopic (exact) mass is 490 g/mol. The average molecular weight is 491 g/mol. The first-order valence-electron chi connectivity index (χ1n) is 11.6. The molecular formula is C24H31ClN4O5. The van der Waals surface area contributed by atoms with E-state index in [2.05, 4.69) is 20.8 Å². The van der Waals surface area contributed by atoms with Gasteiger partial charge in [0, 0.05) is 24.8 Å². The number of methoxy groups -OCH3 is 1. The van der Waals surface area contributed by atoms with Crippen LogP contribution in [0.5, 0.6) is 0 Å². The maximum absolute atomic E-state index is 12.7. The van der Waals surface area contributed by atoms with Crippen molar-refractivity contribution in [1.29, 1.82) is 0 Å². The summed E-state index contributed by atoms with van der Waals surface area (Å²) in [5, 5.41) is 10.5. The molecule has 184 valence electrons. The van der Waals surface area contributed by atoms with Crippen LogP contribution < -0.4 is 10.6 Å². The third-order valence-corrected chi connectivity index (χ3v) is 6.39. The summed E-state index contributed by atoms with van der Waals surface area (Å²) in [6.07, 6.45) is 5.90. The van der Waals surface area contributed by atoms with Crippen molar-refractivity contribution in [3.8, 4) is 0 Å². The normalized spacial score (nSPS) is 16.2. The maximum Gasteiger partial charge on any atom is 0.307 e. The number of esters is 1. The lowest BCUT2D eigenvalue weighted by Crippen LogP contribution is -2.45. The van der Waals surface area contributed by atoms with E-state index in [4.69, 9.17) is 20.9 Å². The quantitative estimate of drug-likeness (QED) is 0.405. The lowest BCUT2D eigenvalue weighted by atomic mass is 9.89. The molecule has 1 aliphatic rings. The van der Waals surface area contributed by atoms with E-state index in [0.29, 0.717) is 22.3 Å². The molecule has 1 heterocycles. The van der Waals surface area contributed by atoms with E-state index in [0.717, 1.165) is 38.5 Å². The number of aryl methyl sites for hydroxylation is 1. The number of rotatable bonds is 9. The summed E-state index contributed by atoms with van der Waals surface area (Å²) in [5.74, 6) is -0.108. The zero-order chi connectivity index (χ0) is 24.6. The standard InChI is InChI=1S/C24H31ClN4O5/c1-16(30)28-24(13-7-3-4-8-14-24)23-27-21(34-29-23)12-11-20(31)26-19(15-22(32)33-2)17-9-5-6-10-18(17)25/h5-6,9-10,19H,3-4,7-8,11-15H2,1-2H3,(H,26,31)(H,28,30). The number of carbonyl (C=O) groups excluding carboxylic acids is 3. The van der Waals surface area contributed by atoms with Gasteiger partial charge in [-0.15, -0.1) is 0 Å². The minimum absolute atomic E-state index is 0.0457. The van der Waals surface area contributed by atoms with Crippen LogP contribution in [0, 0.1) is 0 Å². The second-order valence-corrected chi connectivity index (χ2v) is 9.02. The average Bonchev–Trinajstić information content (AvgIpc) is 3.17. The van der Waals surface area contributed by atoms with Gasteiger partial charge in [-0.2, -0.15) is 4.98 Å². The molecule has 2 aromatic rings. The van der Waals surface area contributed by atoms with Gasteiger partial charge < -0.3 is 19.9 Å². The number of hydrogen-bond acceptors (Lipinski definition) is 7. The van der Waals surface area contributed by atoms with Crippen molar-refractivity contribution in [2.45, 2.75) is 76.3 Å². The molecule has 0 radical (unpaired) electrons. The van der Waals surface area contributed by atoms with Crippen LogP contribution in [0.2, 0.25) is 5.02 Å². The molecule has 1 fully saturated rings. The molecule has 1 unspecified atom stereocenters. The van der Waals surface area contributed by atoms with Crippen LogP contribution in [0.4, 0.5) is 0 Å². The molecule has 1 atom stereocenters. The van der Waals surface area contributed by atoms with E-state index in [1.165, 1.54) is 14.0 Å². The van der Waals surface area contributed by atoms with Crippen molar-refractivity contribution >= 4 is 29.4 Å². The van der Waals surface area contributed by atoms with Crippen LogP contribution in [-0.4, -0.2) is 35.0 Å². The fraction of sp³-hybridized carbons (Fsp3) is 0.542. The number of amides is 2. The van der Waals surface area contributed by atoms with E-state index < -0.39 is 17.6 Å². The first-order valence-corrected chi connectivity index (χ1v) is 11.9. The topological polar surface area (TPSA) is 123 Å². The number of halogens is 1. The molecule has 0 spiro atoms. The fourth-order valence-corrected chi connectivity index (χ4v) is 4.63. The highest BCUT2D eigenvalue weighted by molar-refractivity contribution is 6.31. The summed E-state index contributed by atoms with van der Waals surface area (Å²) in [7, 11) is 1.29. The zero-order valence-electron chi connectivity index (χ0n) is 19.6.